The molecule has 1 atom stereocenters. The number of halogens is 1. The van der Waals surface area contributed by atoms with Gasteiger partial charge in [-0.05, 0) is 81.3 Å². The monoisotopic (exact) mass is 557 g/mol. The maximum absolute atomic E-state index is 15.3. The number of fused-ring (bicyclic) bond motifs is 1. The Kier molecular flexibility index (Phi) is 7.74. The quantitative estimate of drug-likeness (QED) is 0.266. The van der Waals surface area contributed by atoms with Crippen molar-refractivity contribution in [3.63, 3.8) is 0 Å². The van der Waals surface area contributed by atoms with Crippen molar-refractivity contribution in [2.45, 2.75) is 39.2 Å². The molecule has 2 aliphatic heterocycles. The minimum absolute atomic E-state index is 0.253. The second kappa shape index (κ2) is 11.7. The van der Waals surface area contributed by atoms with Crippen LogP contribution in [0.4, 0.5) is 27.7 Å². The number of nitrogens with zero attached hydrogens (tertiary/aromatic N) is 5. The molecule has 0 bridgehead atoms. The van der Waals surface area contributed by atoms with Crippen molar-refractivity contribution in [3.8, 4) is 28.5 Å². The first-order valence-electron chi connectivity index (χ1n) is 14.3. The highest BCUT2D eigenvalue weighted by Crippen LogP contribution is 2.36. The lowest BCUT2D eigenvalue weighted by molar-refractivity contribution is 0.133. The molecule has 214 valence electrons. The van der Waals surface area contributed by atoms with Crippen LogP contribution in [0, 0.1) is 12.7 Å². The molecule has 4 heterocycles. The Morgan fingerprint density at radius 3 is 2.80 bits per heavy atom. The fourth-order valence-electron chi connectivity index (χ4n) is 5.81. The molecule has 10 heteroatoms. The second-order valence-electron chi connectivity index (χ2n) is 10.7. The molecule has 2 saturated heterocycles. The molecule has 2 aliphatic rings. The topological polar surface area (TPSA) is 91.6 Å². The van der Waals surface area contributed by atoms with Gasteiger partial charge in [0.1, 0.15) is 23.0 Å². The molecule has 2 aromatic carbocycles. The average Bonchev–Trinajstić information content (AvgIpc) is 3.41. The van der Waals surface area contributed by atoms with E-state index in [1.807, 2.05) is 44.2 Å². The van der Waals surface area contributed by atoms with Crippen molar-refractivity contribution in [3.05, 3.63) is 60.0 Å². The molecule has 0 saturated carbocycles. The van der Waals surface area contributed by atoms with Gasteiger partial charge in [0.05, 0.1) is 12.8 Å². The van der Waals surface area contributed by atoms with Gasteiger partial charge in [-0.3, -0.25) is 4.90 Å². The zero-order valence-electron chi connectivity index (χ0n) is 23.8. The van der Waals surface area contributed by atoms with E-state index in [1.54, 1.807) is 19.4 Å². The van der Waals surface area contributed by atoms with Crippen LogP contribution in [0.25, 0.3) is 22.7 Å². The number of hydrogen-bond acceptors (Lipinski definition) is 9. The summed E-state index contributed by atoms with van der Waals surface area (Å²) < 4.78 is 26.9. The number of hydrogen-bond donors (Lipinski definition) is 2. The molecular weight excluding hydrogens is 521 g/mol. The van der Waals surface area contributed by atoms with E-state index in [-0.39, 0.29) is 5.82 Å². The van der Waals surface area contributed by atoms with Crippen LogP contribution in [0.5, 0.6) is 5.75 Å². The third kappa shape index (κ3) is 5.83. The molecule has 6 rings (SSSR count). The summed E-state index contributed by atoms with van der Waals surface area (Å²) in [4.78, 5) is 18.5. The highest BCUT2D eigenvalue weighted by atomic mass is 19.1. The van der Waals surface area contributed by atoms with Crippen molar-refractivity contribution in [1.82, 2.24) is 19.9 Å². The predicted octanol–water partition coefficient (Wildman–Crippen LogP) is 6.10. The van der Waals surface area contributed by atoms with Gasteiger partial charge in [0.25, 0.3) is 6.01 Å². The van der Waals surface area contributed by atoms with E-state index < -0.39 is 0 Å². The molecule has 4 aromatic rings. The van der Waals surface area contributed by atoms with Gasteiger partial charge < -0.3 is 24.7 Å². The normalized spacial score (nSPS) is 17.3. The standard InChI is InChI=1S/C31H36FN7O2/c1-4-33-31-37-28(21-15-20(2)16-24(17-21)40-3)29(41-31)26-10-11-34-30(36-26)35-22-8-9-27(25(32)18-22)39-14-13-38-12-6-5-7-23(38)19-39/h8-11,15-18,23H,4-7,12-14,19H2,1-3H3,(H,33,37)(H,34,35,36). The zero-order chi connectivity index (χ0) is 28.3. The van der Waals surface area contributed by atoms with E-state index >= 15 is 4.39 Å². The van der Waals surface area contributed by atoms with Gasteiger partial charge in [0.2, 0.25) is 5.95 Å². The van der Waals surface area contributed by atoms with Crippen LogP contribution in [0.15, 0.2) is 53.1 Å². The summed E-state index contributed by atoms with van der Waals surface area (Å²) in [6.07, 6.45) is 5.36. The highest BCUT2D eigenvalue weighted by Gasteiger charge is 2.30. The van der Waals surface area contributed by atoms with E-state index in [0.29, 0.717) is 53.1 Å². The van der Waals surface area contributed by atoms with Crippen LogP contribution in [0.2, 0.25) is 0 Å². The van der Waals surface area contributed by atoms with Crippen LogP contribution in [0.3, 0.4) is 0 Å². The van der Waals surface area contributed by atoms with E-state index in [2.05, 4.69) is 25.4 Å². The second-order valence-corrected chi connectivity index (χ2v) is 10.7. The van der Waals surface area contributed by atoms with Gasteiger partial charge in [-0.1, -0.05) is 6.42 Å². The summed E-state index contributed by atoms with van der Waals surface area (Å²) in [5.41, 5.74) is 4.30. The Morgan fingerprint density at radius 1 is 1.07 bits per heavy atom. The van der Waals surface area contributed by atoms with Crippen LogP contribution >= 0.6 is 0 Å². The number of benzene rings is 2. The third-order valence-electron chi connectivity index (χ3n) is 7.79. The maximum atomic E-state index is 15.3. The molecule has 1 unspecified atom stereocenters. The van der Waals surface area contributed by atoms with E-state index in [1.165, 1.54) is 25.3 Å². The number of piperidine rings is 1. The summed E-state index contributed by atoms with van der Waals surface area (Å²) >= 11 is 0. The van der Waals surface area contributed by atoms with Gasteiger partial charge in [0, 0.05) is 49.7 Å². The summed E-state index contributed by atoms with van der Waals surface area (Å²) in [6, 6.07) is 13.8. The fourth-order valence-corrected chi connectivity index (χ4v) is 5.81. The minimum atomic E-state index is -0.253. The molecule has 0 radical (unpaired) electrons. The maximum Gasteiger partial charge on any atom is 0.295 e. The molecule has 0 spiro atoms. The molecule has 0 aliphatic carbocycles. The first-order chi connectivity index (χ1) is 20.0. The van der Waals surface area contributed by atoms with Gasteiger partial charge in [-0.15, -0.1) is 0 Å². The SMILES string of the molecule is CCNc1nc(-c2cc(C)cc(OC)c2)c(-c2ccnc(Nc3ccc(N4CCN5CCCCC5C4)c(F)c3)n2)o1. The Balaban J connectivity index is 1.25. The van der Waals surface area contributed by atoms with Crippen LogP contribution in [-0.4, -0.2) is 65.7 Å². The Hall–Kier alpha value is -4.18. The summed E-state index contributed by atoms with van der Waals surface area (Å²) in [5.74, 6) is 1.31. The minimum Gasteiger partial charge on any atom is -0.497 e. The smallest absolute Gasteiger partial charge is 0.295 e. The third-order valence-corrected chi connectivity index (χ3v) is 7.79. The Labute approximate surface area is 239 Å². The Morgan fingerprint density at radius 2 is 1.98 bits per heavy atom. The van der Waals surface area contributed by atoms with E-state index in [0.717, 1.165) is 43.1 Å². The summed E-state index contributed by atoms with van der Waals surface area (Å²) in [6.45, 7) is 8.50. The number of nitrogens with one attached hydrogen (secondary N) is 2. The Bertz CT molecular complexity index is 1520. The highest BCUT2D eigenvalue weighted by molar-refractivity contribution is 5.78. The summed E-state index contributed by atoms with van der Waals surface area (Å²) in [5, 5.41) is 6.31. The van der Waals surface area contributed by atoms with Crippen molar-refractivity contribution >= 4 is 23.3 Å². The molecule has 0 amide bonds. The lowest BCUT2D eigenvalue weighted by atomic mass is 9.99. The molecule has 41 heavy (non-hydrogen) atoms. The number of aromatic nitrogens is 3. The van der Waals surface area contributed by atoms with Gasteiger partial charge in [-0.2, -0.15) is 4.98 Å². The first kappa shape index (κ1) is 27.0. The molecular formula is C31H36FN7O2. The van der Waals surface area contributed by atoms with Crippen molar-refractivity contribution in [2.24, 2.45) is 0 Å². The molecule has 9 nitrogen and oxygen atoms in total. The van der Waals surface area contributed by atoms with E-state index in [4.69, 9.17) is 19.1 Å². The van der Waals surface area contributed by atoms with E-state index in [9.17, 15) is 0 Å². The van der Waals surface area contributed by atoms with Gasteiger partial charge in [-0.25, -0.2) is 14.4 Å². The zero-order valence-corrected chi connectivity index (χ0v) is 23.8. The largest absolute Gasteiger partial charge is 0.497 e. The summed E-state index contributed by atoms with van der Waals surface area (Å²) in [7, 11) is 1.64. The number of oxazole rings is 1. The predicted molar refractivity (Wildman–Crippen MR) is 160 cm³/mol. The van der Waals surface area contributed by atoms with Gasteiger partial charge >= 0.3 is 0 Å². The first-order valence-corrected chi connectivity index (χ1v) is 14.3. The van der Waals surface area contributed by atoms with Crippen LogP contribution in [-0.2, 0) is 0 Å². The van der Waals surface area contributed by atoms with Crippen molar-refractivity contribution in [2.75, 3.05) is 55.4 Å². The lowest BCUT2D eigenvalue weighted by Gasteiger charge is -2.45. The molecule has 2 fully saturated rings. The lowest BCUT2D eigenvalue weighted by Crippen LogP contribution is -2.55. The molecule has 2 N–H and O–H groups in total. The van der Waals surface area contributed by atoms with Crippen LogP contribution in [0.1, 0.15) is 31.7 Å². The van der Waals surface area contributed by atoms with Crippen LogP contribution < -0.4 is 20.3 Å². The number of piperazine rings is 1. The number of anilines is 4. The van der Waals surface area contributed by atoms with Crippen molar-refractivity contribution in [1.29, 1.82) is 0 Å². The number of aryl methyl sites for hydroxylation is 1. The number of ether oxygens (including phenoxy) is 1. The van der Waals surface area contributed by atoms with Gasteiger partial charge in [0.15, 0.2) is 5.76 Å². The number of rotatable bonds is 8. The van der Waals surface area contributed by atoms with Crippen molar-refractivity contribution < 1.29 is 13.5 Å². The fraction of sp³-hybridized carbons (Fsp3) is 0.387. The molecule has 2 aromatic heterocycles. The average molecular weight is 558 g/mol. The number of methoxy groups -OCH3 is 1.